The first kappa shape index (κ1) is 12.6. The second-order valence-corrected chi connectivity index (χ2v) is 5.17. The largest absolute Gasteiger partial charge is 0.374 e. The minimum Gasteiger partial charge on any atom is -0.374 e. The van der Waals surface area contributed by atoms with Crippen LogP contribution in [-0.2, 0) is 17.7 Å². The molecule has 0 amide bonds. The minimum atomic E-state index is -0.0841. The molecule has 0 spiro atoms. The van der Waals surface area contributed by atoms with Gasteiger partial charge in [0.05, 0.1) is 24.4 Å². The fraction of sp³-hybridized carbons (Fsp3) is 0.800. The Hall–Kier alpha value is -0.420. The van der Waals surface area contributed by atoms with E-state index >= 15 is 0 Å². The molecule has 0 atom stereocenters. The SMILES string of the molecule is CC(C)(C)OCCn1cc(CCBr)nn1. The number of alkyl halides is 1. The van der Waals surface area contributed by atoms with E-state index in [4.69, 9.17) is 4.74 Å². The van der Waals surface area contributed by atoms with Gasteiger partial charge in [0.25, 0.3) is 0 Å². The Labute approximate surface area is 99.1 Å². The molecule has 1 heterocycles. The molecule has 86 valence electrons. The van der Waals surface area contributed by atoms with Crippen molar-refractivity contribution in [2.24, 2.45) is 0 Å². The van der Waals surface area contributed by atoms with Gasteiger partial charge in [-0.25, -0.2) is 4.68 Å². The van der Waals surface area contributed by atoms with E-state index in [2.05, 4.69) is 26.2 Å². The first-order valence-corrected chi connectivity index (χ1v) is 6.22. The van der Waals surface area contributed by atoms with Gasteiger partial charge in [0, 0.05) is 17.9 Å². The highest BCUT2D eigenvalue weighted by Gasteiger charge is 2.09. The number of nitrogens with zero attached hydrogens (tertiary/aromatic N) is 3. The van der Waals surface area contributed by atoms with Crippen molar-refractivity contribution in [2.45, 2.75) is 39.3 Å². The summed E-state index contributed by atoms with van der Waals surface area (Å²) in [5.74, 6) is 0. The molecule has 0 aliphatic heterocycles. The lowest BCUT2D eigenvalue weighted by Crippen LogP contribution is -2.22. The smallest absolute Gasteiger partial charge is 0.0835 e. The maximum absolute atomic E-state index is 5.60. The summed E-state index contributed by atoms with van der Waals surface area (Å²) in [7, 11) is 0. The molecule has 1 aromatic rings. The van der Waals surface area contributed by atoms with Crippen LogP contribution in [0.25, 0.3) is 0 Å². The fourth-order valence-electron chi connectivity index (χ4n) is 1.10. The summed E-state index contributed by atoms with van der Waals surface area (Å²) in [5, 5.41) is 8.99. The van der Waals surface area contributed by atoms with Crippen molar-refractivity contribution < 1.29 is 4.74 Å². The number of rotatable bonds is 5. The maximum Gasteiger partial charge on any atom is 0.0835 e. The van der Waals surface area contributed by atoms with Crippen molar-refractivity contribution in [1.82, 2.24) is 15.0 Å². The number of ether oxygens (including phenoxy) is 1. The highest BCUT2D eigenvalue weighted by atomic mass is 79.9. The zero-order chi connectivity index (χ0) is 11.3. The minimum absolute atomic E-state index is 0.0841. The Kier molecular flexibility index (Phi) is 4.73. The summed E-state index contributed by atoms with van der Waals surface area (Å²) in [6.45, 7) is 7.56. The summed E-state index contributed by atoms with van der Waals surface area (Å²) in [6, 6.07) is 0. The van der Waals surface area contributed by atoms with E-state index in [1.54, 1.807) is 0 Å². The summed E-state index contributed by atoms with van der Waals surface area (Å²) in [6.07, 6.45) is 2.88. The molecule has 15 heavy (non-hydrogen) atoms. The lowest BCUT2D eigenvalue weighted by molar-refractivity contribution is -0.00805. The second-order valence-electron chi connectivity index (χ2n) is 4.37. The van der Waals surface area contributed by atoms with Gasteiger partial charge in [0.2, 0.25) is 0 Å². The zero-order valence-electron chi connectivity index (χ0n) is 9.53. The Morgan fingerprint density at radius 3 is 2.80 bits per heavy atom. The Morgan fingerprint density at radius 2 is 2.20 bits per heavy atom. The van der Waals surface area contributed by atoms with E-state index in [1.807, 2.05) is 31.6 Å². The topological polar surface area (TPSA) is 39.9 Å². The standard InChI is InChI=1S/C10H18BrN3O/c1-10(2,3)15-7-6-14-8-9(4-5-11)12-13-14/h8H,4-7H2,1-3H3. The predicted molar refractivity (Wildman–Crippen MR) is 63.2 cm³/mol. The van der Waals surface area contributed by atoms with E-state index in [0.717, 1.165) is 24.0 Å². The third-order valence-electron chi connectivity index (χ3n) is 1.79. The van der Waals surface area contributed by atoms with E-state index in [-0.39, 0.29) is 5.60 Å². The van der Waals surface area contributed by atoms with Crippen LogP contribution in [0.5, 0.6) is 0 Å². The van der Waals surface area contributed by atoms with Crippen LogP contribution in [0.3, 0.4) is 0 Å². The van der Waals surface area contributed by atoms with Gasteiger partial charge in [-0.3, -0.25) is 0 Å². The molecule has 0 saturated heterocycles. The van der Waals surface area contributed by atoms with Crippen LogP contribution in [0.2, 0.25) is 0 Å². The van der Waals surface area contributed by atoms with Gasteiger partial charge in [0.1, 0.15) is 0 Å². The first-order chi connectivity index (χ1) is 7.01. The number of hydrogen-bond acceptors (Lipinski definition) is 3. The molecule has 0 aliphatic carbocycles. The van der Waals surface area contributed by atoms with Gasteiger partial charge in [-0.15, -0.1) is 5.10 Å². The number of hydrogen-bond donors (Lipinski definition) is 0. The third kappa shape index (κ3) is 5.28. The van der Waals surface area contributed by atoms with Crippen molar-refractivity contribution >= 4 is 15.9 Å². The van der Waals surface area contributed by atoms with Crippen LogP contribution >= 0.6 is 15.9 Å². The average molecular weight is 276 g/mol. The van der Waals surface area contributed by atoms with Gasteiger partial charge in [-0.1, -0.05) is 21.1 Å². The van der Waals surface area contributed by atoms with E-state index < -0.39 is 0 Å². The average Bonchev–Trinajstić information content (AvgIpc) is 2.51. The Balaban J connectivity index is 2.31. The van der Waals surface area contributed by atoms with Crippen molar-refractivity contribution in [2.75, 3.05) is 11.9 Å². The molecule has 1 rings (SSSR count). The molecule has 4 nitrogen and oxygen atoms in total. The number of aromatic nitrogens is 3. The zero-order valence-corrected chi connectivity index (χ0v) is 11.1. The van der Waals surface area contributed by atoms with Gasteiger partial charge < -0.3 is 4.74 Å². The van der Waals surface area contributed by atoms with Gasteiger partial charge >= 0.3 is 0 Å². The molecule has 0 radical (unpaired) electrons. The normalized spacial score (nSPS) is 12.0. The van der Waals surface area contributed by atoms with Gasteiger partial charge in [0.15, 0.2) is 0 Å². The molecular weight excluding hydrogens is 258 g/mol. The molecule has 0 unspecified atom stereocenters. The van der Waals surface area contributed by atoms with Gasteiger partial charge in [-0.2, -0.15) is 0 Å². The predicted octanol–water partition coefficient (Wildman–Crippen LogP) is 2.03. The lowest BCUT2D eigenvalue weighted by atomic mass is 10.2. The molecule has 0 N–H and O–H groups in total. The van der Waals surface area contributed by atoms with E-state index in [9.17, 15) is 0 Å². The summed E-state index contributed by atoms with van der Waals surface area (Å²) in [4.78, 5) is 0. The molecule has 1 aromatic heterocycles. The van der Waals surface area contributed by atoms with Crippen molar-refractivity contribution in [3.8, 4) is 0 Å². The van der Waals surface area contributed by atoms with Crippen LogP contribution in [0.1, 0.15) is 26.5 Å². The van der Waals surface area contributed by atoms with Crippen molar-refractivity contribution in [1.29, 1.82) is 0 Å². The molecule has 0 bridgehead atoms. The van der Waals surface area contributed by atoms with Crippen LogP contribution in [0.4, 0.5) is 0 Å². The van der Waals surface area contributed by atoms with Gasteiger partial charge in [-0.05, 0) is 20.8 Å². The highest BCUT2D eigenvalue weighted by Crippen LogP contribution is 2.06. The quantitative estimate of drug-likeness (QED) is 0.772. The summed E-state index contributed by atoms with van der Waals surface area (Å²) < 4.78 is 7.43. The lowest BCUT2D eigenvalue weighted by Gasteiger charge is -2.19. The second kappa shape index (κ2) is 5.61. The van der Waals surface area contributed by atoms with E-state index in [1.165, 1.54) is 0 Å². The molecule has 0 fully saturated rings. The summed E-state index contributed by atoms with van der Waals surface area (Å²) in [5.41, 5.74) is 0.932. The molecular formula is C10H18BrN3O. The van der Waals surface area contributed by atoms with Crippen molar-refractivity contribution in [3.05, 3.63) is 11.9 Å². The molecule has 0 aliphatic rings. The molecule has 5 heteroatoms. The van der Waals surface area contributed by atoms with Crippen molar-refractivity contribution in [3.63, 3.8) is 0 Å². The Bertz CT molecular complexity index is 293. The fourth-order valence-corrected chi connectivity index (χ4v) is 1.51. The summed E-state index contributed by atoms with van der Waals surface area (Å²) >= 11 is 3.37. The highest BCUT2D eigenvalue weighted by molar-refractivity contribution is 9.09. The monoisotopic (exact) mass is 275 g/mol. The van der Waals surface area contributed by atoms with Crippen LogP contribution in [0, 0.1) is 0 Å². The van der Waals surface area contributed by atoms with Crippen LogP contribution < -0.4 is 0 Å². The van der Waals surface area contributed by atoms with E-state index in [0.29, 0.717) is 6.61 Å². The number of halogens is 1. The third-order valence-corrected chi connectivity index (χ3v) is 2.19. The van der Waals surface area contributed by atoms with Crippen LogP contribution in [-0.4, -0.2) is 32.5 Å². The molecule has 0 saturated carbocycles. The Morgan fingerprint density at radius 1 is 1.47 bits per heavy atom. The first-order valence-electron chi connectivity index (χ1n) is 5.10. The number of aryl methyl sites for hydroxylation is 1. The molecule has 0 aromatic carbocycles. The maximum atomic E-state index is 5.60. The van der Waals surface area contributed by atoms with Crippen LogP contribution in [0.15, 0.2) is 6.20 Å².